The smallest absolute Gasteiger partial charge is 0.219 e. The molecular formula is C12H10N2OS. The minimum absolute atomic E-state index is 0.367. The molecule has 16 heavy (non-hydrogen) atoms. The Morgan fingerprint density at radius 2 is 1.75 bits per heavy atom. The molecule has 4 heteroatoms. The summed E-state index contributed by atoms with van der Waals surface area (Å²) in [6, 6.07) is 7.77. The molecule has 0 atom stereocenters. The Hall–Kier alpha value is -1.81. The van der Waals surface area contributed by atoms with E-state index in [1.165, 1.54) is 0 Å². The molecule has 1 aromatic rings. The molecule has 0 aromatic heterocycles. The highest BCUT2D eigenvalue weighted by Crippen LogP contribution is 2.13. The highest BCUT2D eigenvalue weighted by Gasteiger charge is 1.98. The standard InChI is InChI=1S/C12H10N2OS/c1-15-11-4-2-9(3-5-11)6-10-7-13-12(16)14-8-10/h2-8H,1H3. The molecule has 0 saturated heterocycles. The van der Waals surface area contributed by atoms with Crippen LogP contribution < -0.4 is 4.74 Å². The molecule has 0 N–H and O–H groups in total. The van der Waals surface area contributed by atoms with Crippen molar-refractivity contribution in [1.82, 2.24) is 0 Å². The van der Waals surface area contributed by atoms with E-state index in [1.54, 1.807) is 19.5 Å². The lowest BCUT2D eigenvalue weighted by molar-refractivity contribution is 0.415. The summed E-state index contributed by atoms with van der Waals surface area (Å²) in [5.74, 6) is 0.842. The van der Waals surface area contributed by atoms with Crippen molar-refractivity contribution in [3.05, 3.63) is 35.4 Å². The van der Waals surface area contributed by atoms with Crippen molar-refractivity contribution >= 4 is 35.8 Å². The maximum absolute atomic E-state index is 5.08. The lowest BCUT2D eigenvalue weighted by Gasteiger charge is -2.01. The van der Waals surface area contributed by atoms with Gasteiger partial charge in [-0.3, -0.25) is 0 Å². The zero-order valence-corrected chi connectivity index (χ0v) is 9.57. The molecule has 0 amide bonds. The molecule has 1 aromatic carbocycles. The first-order valence-electron chi connectivity index (χ1n) is 4.76. The second-order valence-corrected chi connectivity index (χ2v) is 3.58. The van der Waals surface area contributed by atoms with E-state index < -0.39 is 0 Å². The number of thiocarbonyl (C=S) groups is 1. The fraction of sp³-hybridized carbons (Fsp3) is 0.0833. The van der Waals surface area contributed by atoms with Crippen LogP contribution in [0.5, 0.6) is 5.75 Å². The minimum atomic E-state index is 0.367. The van der Waals surface area contributed by atoms with Crippen LogP contribution in [0.25, 0.3) is 6.08 Å². The van der Waals surface area contributed by atoms with Crippen LogP contribution in [0.3, 0.4) is 0 Å². The molecule has 2 rings (SSSR count). The van der Waals surface area contributed by atoms with Crippen LogP contribution in [0, 0.1) is 0 Å². The van der Waals surface area contributed by atoms with Gasteiger partial charge in [0, 0.05) is 18.0 Å². The van der Waals surface area contributed by atoms with E-state index in [9.17, 15) is 0 Å². The van der Waals surface area contributed by atoms with Crippen molar-refractivity contribution in [3.63, 3.8) is 0 Å². The van der Waals surface area contributed by atoms with Crippen LogP contribution in [0.4, 0.5) is 0 Å². The number of methoxy groups -OCH3 is 1. The third-order valence-electron chi connectivity index (χ3n) is 2.10. The first-order chi connectivity index (χ1) is 7.78. The van der Waals surface area contributed by atoms with Crippen LogP contribution in [0.2, 0.25) is 0 Å². The van der Waals surface area contributed by atoms with Gasteiger partial charge >= 0.3 is 0 Å². The van der Waals surface area contributed by atoms with Crippen molar-refractivity contribution in [2.75, 3.05) is 7.11 Å². The molecule has 1 aliphatic rings. The largest absolute Gasteiger partial charge is 0.497 e. The number of ether oxygens (including phenoxy) is 1. The van der Waals surface area contributed by atoms with Crippen molar-refractivity contribution in [2.24, 2.45) is 9.98 Å². The van der Waals surface area contributed by atoms with Crippen molar-refractivity contribution in [1.29, 1.82) is 0 Å². The summed E-state index contributed by atoms with van der Waals surface area (Å²) >= 11 is 4.82. The molecule has 1 heterocycles. The molecule has 0 fully saturated rings. The number of hydrogen-bond donors (Lipinski definition) is 0. The zero-order valence-electron chi connectivity index (χ0n) is 8.75. The maximum Gasteiger partial charge on any atom is 0.219 e. The number of hydrogen-bond acceptors (Lipinski definition) is 2. The lowest BCUT2D eigenvalue weighted by atomic mass is 10.1. The molecule has 80 valence electrons. The van der Waals surface area contributed by atoms with E-state index in [2.05, 4.69) is 9.98 Å². The second kappa shape index (κ2) is 4.81. The quantitative estimate of drug-likeness (QED) is 0.731. The van der Waals surface area contributed by atoms with Crippen molar-refractivity contribution in [3.8, 4) is 5.75 Å². The van der Waals surface area contributed by atoms with Crippen LogP contribution >= 0.6 is 12.2 Å². The van der Waals surface area contributed by atoms with Gasteiger partial charge in [-0.1, -0.05) is 12.1 Å². The monoisotopic (exact) mass is 230 g/mol. The highest BCUT2D eigenvalue weighted by molar-refractivity contribution is 7.80. The fourth-order valence-corrected chi connectivity index (χ4v) is 1.40. The SMILES string of the molecule is COc1ccc(C=C2C=NC(=S)N=C2)cc1. The van der Waals surface area contributed by atoms with Gasteiger partial charge in [-0.05, 0) is 36.0 Å². The Morgan fingerprint density at radius 1 is 1.12 bits per heavy atom. The number of nitrogens with zero attached hydrogens (tertiary/aromatic N) is 2. The summed E-state index contributed by atoms with van der Waals surface area (Å²) in [7, 11) is 1.65. The van der Waals surface area contributed by atoms with Gasteiger partial charge in [0.2, 0.25) is 5.11 Å². The van der Waals surface area contributed by atoms with E-state index in [1.807, 2.05) is 30.3 Å². The van der Waals surface area contributed by atoms with E-state index in [0.29, 0.717) is 5.11 Å². The van der Waals surface area contributed by atoms with Gasteiger partial charge < -0.3 is 4.74 Å². The Bertz CT molecular complexity index is 468. The average Bonchev–Trinajstić information content (AvgIpc) is 2.33. The van der Waals surface area contributed by atoms with Crippen molar-refractivity contribution < 1.29 is 4.74 Å². The fourth-order valence-electron chi connectivity index (χ4n) is 1.29. The summed E-state index contributed by atoms with van der Waals surface area (Å²) in [6.07, 6.45) is 5.40. The molecule has 0 aliphatic carbocycles. The van der Waals surface area contributed by atoms with Crippen LogP contribution in [0.1, 0.15) is 5.56 Å². The maximum atomic E-state index is 5.08. The minimum Gasteiger partial charge on any atom is -0.497 e. The van der Waals surface area contributed by atoms with Crippen molar-refractivity contribution in [2.45, 2.75) is 0 Å². The Morgan fingerprint density at radius 3 is 2.31 bits per heavy atom. The van der Waals surface area contributed by atoms with Crippen LogP contribution in [-0.2, 0) is 0 Å². The predicted octanol–water partition coefficient (Wildman–Crippen LogP) is 2.52. The van der Waals surface area contributed by atoms with E-state index in [0.717, 1.165) is 16.9 Å². The Balaban J connectivity index is 2.20. The first kappa shape index (κ1) is 10.7. The normalized spacial score (nSPS) is 14.1. The molecule has 0 saturated carbocycles. The summed E-state index contributed by atoms with van der Waals surface area (Å²) in [6.45, 7) is 0. The molecule has 3 nitrogen and oxygen atoms in total. The highest BCUT2D eigenvalue weighted by atomic mass is 32.1. The third kappa shape index (κ3) is 2.61. The Kier molecular flexibility index (Phi) is 3.22. The van der Waals surface area contributed by atoms with E-state index in [4.69, 9.17) is 17.0 Å². The molecule has 0 radical (unpaired) electrons. The predicted molar refractivity (Wildman–Crippen MR) is 70.6 cm³/mol. The van der Waals surface area contributed by atoms with Gasteiger partial charge in [-0.15, -0.1) is 0 Å². The lowest BCUT2D eigenvalue weighted by Crippen LogP contribution is -1.98. The first-order valence-corrected chi connectivity index (χ1v) is 5.16. The van der Waals surface area contributed by atoms with Crippen LogP contribution in [-0.4, -0.2) is 24.7 Å². The van der Waals surface area contributed by atoms with E-state index in [-0.39, 0.29) is 0 Å². The number of benzene rings is 1. The molecule has 0 spiro atoms. The molecule has 0 bridgehead atoms. The van der Waals surface area contributed by atoms with Gasteiger partial charge in [0.05, 0.1) is 7.11 Å². The Labute approximate surface area is 99.2 Å². The molecular weight excluding hydrogens is 220 g/mol. The number of aliphatic imine (C=N–C) groups is 2. The topological polar surface area (TPSA) is 34.0 Å². The van der Waals surface area contributed by atoms with Gasteiger partial charge in [-0.25, -0.2) is 9.98 Å². The summed E-state index contributed by atoms with van der Waals surface area (Å²) < 4.78 is 5.08. The number of rotatable bonds is 2. The average molecular weight is 230 g/mol. The van der Waals surface area contributed by atoms with Gasteiger partial charge in [0.25, 0.3) is 0 Å². The summed E-state index contributed by atoms with van der Waals surface area (Å²) in [5.41, 5.74) is 2.00. The van der Waals surface area contributed by atoms with Gasteiger partial charge in [0.1, 0.15) is 5.75 Å². The van der Waals surface area contributed by atoms with Crippen LogP contribution in [0.15, 0.2) is 39.8 Å². The third-order valence-corrected chi connectivity index (χ3v) is 2.31. The molecule has 1 aliphatic heterocycles. The molecule has 0 unspecified atom stereocenters. The second-order valence-electron chi connectivity index (χ2n) is 3.22. The number of allylic oxidation sites excluding steroid dienone is 1. The zero-order chi connectivity index (χ0) is 11.4. The summed E-state index contributed by atoms with van der Waals surface area (Å²) in [4.78, 5) is 7.91. The van der Waals surface area contributed by atoms with Gasteiger partial charge in [0.15, 0.2) is 0 Å². The van der Waals surface area contributed by atoms with E-state index >= 15 is 0 Å². The summed E-state index contributed by atoms with van der Waals surface area (Å²) in [5, 5.41) is 0.367. The van der Waals surface area contributed by atoms with Gasteiger partial charge in [-0.2, -0.15) is 0 Å².